The zero-order valence-electron chi connectivity index (χ0n) is 35.1. The van der Waals surface area contributed by atoms with Crippen molar-refractivity contribution < 1.29 is 48.4 Å². The molecule has 0 unspecified atom stereocenters. The highest BCUT2D eigenvalue weighted by Gasteiger charge is 2.52. The van der Waals surface area contributed by atoms with Crippen LogP contribution in [0.1, 0.15) is 100 Å². The van der Waals surface area contributed by atoms with Crippen LogP contribution in [-0.2, 0) is 38.2 Å². The normalized spacial score (nSPS) is 38.6. The van der Waals surface area contributed by atoms with Gasteiger partial charge in [0.2, 0.25) is 5.91 Å². The second-order valence-corrected chi connectivity index (χ2v) is 16.3. The van der Waals surface area contributed by atoms with E-state index in [1.807, 2.05) is 20.8 Å². The van der Waals surface area contributed by atoms with E-state index >= 15 is 0 Å². The fourth-order valence-corrected chi connectivity index (χ4v) is 8.73. The number of ketones is 1. The summed E-state index contributed by atoms with van der Waals surface area (Å²) in [7, 11) is 1.74. The van der Waals surface area contributed by atoms with E-state index in [-0.39, 0.29) is 44.6 Å². The van der Waals surface area contributed by atoms with Crippen LogP contribution in [0.5, 0.6) is 0 Å². The van der Waals surface area contributed by atoms with Crippen molar-refractivity contribution in [3.63, 3.8) is 0 Å². The number of Topliss-reactive ketones (excluding diaryl/α,β-unsaturated/α-hetero) is 1. The van der Waals surface area contributed by atoms with Crippen molar-refractivity contribution in [3.05, 3.63) is 23.9 Å². The molecule has 0 aliphatic carbocycles. The molecule has 316 valence electrons. The molecule has 0 spiro atoms. The number of nitrogens with one attached hydrogen (secondary N) is 1. The first-order valence-corrected chi connectivity index (χ1v) is 20.1. The smallest absolute Gasteiger partial charge is 0.316 e. The molecule has 13 atom stereocenters. The predicted molar refractivity (Wildman–Crippen MR) is 214 cm³/mol. The van der Waals surface area contributed by atoms with Crippen molar-refractivity contribution in [3.8, 4) is 11.8 Å². The third-order valence-corrected chi connectivity index (χ3v) is 11.8. The lowest BCUT2D eigenvalue weighted by molar-refractivity contribution is -0.291. The summed E-state index contributed by atoms with van der Waals surface area (Å²) in [5.41, 5.74) is 4.27. The van der Waals surface area contributed by atoms with E-state index in [1.165, 1.54) is 13.8 Å². The molecular formula is C42H63N5O10. The standard InChI is InChI=1S/C42H63N5O10/c1-11-33-42(9,52)31-18-17-30(47-54-19-13-15-29-14-12-16-34(43)46-29)22-53-41(8,21-23(2)35(25(31)4)45-28(7)48)38(26(5)36(49)27(6)39(51)56-33)57-40-37(50)32(44-10)20-24(3)55-40/h12,14,16,23-27,31-33,37-38,40,44,50,52H,11,17-22H2,1-10H3,(H2,43,46)/b45-35+,47-30+/t23-,24-,25-,26+,27-,31-,32+,33-,37-,38-,40+,41-,42+/m1/s1. The van der Waals surface area contributed by atoms with Gasteiger partial charge in [-0.3, -0.25) is 14.4 Å². The number of carbonyl (C=O) groups excluding carboxylic acids is 3. The molecule has 4 heterocycles. The molecule has 3 fully saturated rings. The minimum absolute atomic E-state index is 0.0774. The number of amides is 1. The number of esters is 1. The van der Waals surface area contributed by atoms with Crippen molar-refractivity contribution in [2.75, 3.05) is 26.0 Å². The third kappa shape index (κ3) is 11.2. The molecule has 4 rings (SSSR count). The number of nitrogens with two attached hydrogens (primary N) is 1. The Kier molecular flexibility index (Phi) is 15.9. The fraction of sp³-hybridized carbons (Fsp3) is 0.714. The summed E-state index contributed by atoms with van der Waals surface area (Å²) in [5.74, 6) is 0.644. The lowest BCUT2D eigenvalue weighted by Crippen LogP contribution is -2.59. The Labute approximate surface area is 336 Å². The highest BCUT2D eigenvalue weighted by Crippen LogP contribution is 2.42. The van der Waals surface area contributed by atoms with Crippen LogP contribution in [-0.4, -0.2) is 112 Å². The van der Waals surface area contributed by atoms with Crippen molar-refractivity contribution in [2.24, 2.45) is 39.7 Å². The number of nitrogens with zero attached hydrogens (tertiary/aromatic N) is 3. The van der Waals surface area contributed by atoms with Crippen LogP contribution in [0.25, 0.3) is 0 Å². The van der Waals surface area contributed by atoms with E-state index < -0.39 is 83.1 Å². The highest BCUT2D eigenvalue weighted by molar-refractivity contribution is 6.00. The molecule has 5 N–H and O–H groups in total. The second kappa shape index (κ2) is 19.8. The maximum absolute atomic E-state index is 14.4. The lowest BCUT2D eigenvalue weighted by Gasteiger charge is -2.47. The molecule has 2 bridgehead atoms. The average Bonchev–Trinajstić information content (AvgIpc) is 3.17. The summed E-state index contributed by atoms with van der Waals surface area (Å²) in [6.07, 6.45) is -3.18. The Balaban J connectivity index is 1.90. The van der Waals surface area contributed by atoms with Gasteiger partial charge < -0.3 is 45.0 Å². The molecule has 1 aromatic rings. The van der Waals surface area contributed by atoms with Crippen LogP contribution >= 0.6 is 0 Å². The van der Waals surface area contributed by atoms with E-state index in [0.717, 1.165) is 0 Å². The maximum atomic E-state index is 14.4. The van der Waals surface area contributed by atoms with E-state index in [2.05, 4.69) is 32.3 Å². The van der Waals surface area contributed by atoms with Gasteiger partial charge in [-0.1, -0.05) is 44.8 Å². The van der Waals surface area contributed by atoms with Crippen molar-refractivity contribution in [2.45, 2.75) is 142 Å². The first kappa shape index (κ1) is 45.9. The van der Waals surface area contributed by atoms with Crippen molar-refractivity contribution in [1.82, 2.24) is 10.3 Å². The first-order chi connectivity index (χ1) is 26.8. The number of aliphatic imine (C=N–C) groups is 1. The minimum atomic E-state index is -1.64. The predicted octanol–water partition coefficient (Wildman–Crippen LogP) is 3.62. The number of anilines is 1. The number of aromatic nitrogens is 1. The van der Waals surface area contributed by atoms with Gasteiger partial charge in [0.15, 0.2) is 18.7 Å². The summed E-state index contributed by atoms with van der Waals surface area (Å²) >= 11 is 0. The van der Waals surface area contributed by atoms with Gasteiger partial charge in [0, 0.05) is 30.5 Å². The highest BCUT2D eigenvalue weighted by atomic mass is 16.7. The molecule has 0 aromatic carbocycles. The molecular weight excluding hydrogens is 734 g/mol. The zero-order valence-corrected chi connectivity index (χ0v) is 35.1. The van der Waals surface area contributed by atoms with Gasteiger partial charge in [-0.25, -0.2) is 9.98 Å². The third-order valence-electron chi connectivity index (χ3n) is 11.8. The number of aliphatic hydroxyl groups is 2. The van der Waals surface area contributed by atoms with Crippen molar-refractivity contribution >= 4 is 34.9 Å². The topological polar surface area (TPSA) is 213 Å². The number of carbonyl (C=O) groups is 3. The Bertz CT molecular complexity index is 1710. The summed E-state index contributed by atoms with van der Waals surface area (Å²) in [6, 6.07) is 4.78. The molecule has 3 aliphatic rings. The monoisotopic (exact) mass is 797 g/mol. The minimum Gasteiger partial charge on any atom is -0.459 e. The fourth-order valence-electron chi connectivity index (χ4n) is 8.73. The van der Waals surface area contributed by atoms with Crippen LogP contribution in [0, 0.1) is 41.4 Å². The van der Waals surface area contributed by atoms with Crippen LogP contribution in [0.4, 0.5) is 5.82 Å². The molecule has 0 saturated carbocycles. The molecule has 15 heteroatoms. The SMILES string of the molecule is CC[C@H]1OC(=O)[C@H](C)C(=O)[C@H](C)[C@@H](O[C@@H]2O[C@H](C)C[C@H](NC)[C@H]2O)[C@@]2(C)C[C@@H](C)/C(=N\C(C)=O)[C@H](C)[C@@H](CC/C(=N\OCC#Cc3cccc(N)n3)CO2)[C@]1(C)O. The van der Waals surface area contributed by atoms with Gasteiger partial charge in [-0.05, 0) is 96.7 Å². The summed E-state index contributed by atoms with van der Waals surface area (Å²) in [4.78, 5) is 55.5. The molecule has 57 heavy (non-hydrogen) atoms. The van der Waals surface area contributed by atoms with E-state index in [0.29, 0.717) is 35.8 Å². The van der Waals surface area contributed by atoms with E-state index in [1.54, 1.807) is 52.9 Å². The number of aliphatic hydroxyl groups excluding tert-OH is 1. The van der Waals surface area contributed by atoms with Gasteiger partial charge >= 0.3 is 5.97 Å². The number of nitrogen functional groups attached to an aromatic ring is 1. The number of fused-ring (bicyclic) bond motifs is 5. The van der Waals surface area contributed by atoms with Gasteiger partial charge in [-0.2, -0.15) is 0 Å². The molecule has 15 nitrogen and oxygen atoms in total. The maximum Gasteiger partial charge on any atom is 0.316 e. The second-order valence-electron chi connectivity index (χ2n) is 16.3. The van der Waals surface area contributed by atoms with Gasteiger partial charge in [0.25, 0.3) is 0 Å². The number of hydrogen-bond acceptors (Lipinski definition) is 14. The Morgan fingerprint density at radius 1 is 1.16 bits per heavy atom. The molecule has 3 aliphatic heterocycles. The molecule has 3 saturated heterocycles. The quantitative estimate of drug-likeness (QED) is 0.107. The van der Waals surface area contributed by atoms with Crippen molar-refractivity contribution in [1.29, 1.82) is 0 Å². The molecule has 0 radical (unpaired) electrons. The number of likely N-dealkylation sites (N-methyl/N-ethyl adjacent to an activating group) is 1. The van der Waals surface area contributed by atoms with Crippen LogP contribution < -0.4 is 11.1 Å². The number of oxime groups is 1. The Morgan fingerprint density at radius 2 is 1.88 bits per heavy atom. The van der Waals surface area contributed by atoms with Gasteiger partial charge in [-0.15, -0.1) is 0 Å². The number of rotatable bonds is 6. The Morgan fingerprint density at radius 3 is 2.53 bits per heavy atom. The number of cyclic esters (lactones) is 1. The van der Waals surface area contributed by atoms with E-state index in [9.17, 15) is 24.6 Å². The summed E-state index contributed by atoms with van der Waals surface area (Å²) < 4.78 is 25.8. The molecule has 1 aromatic heterocycles. The van der Waals surface area contributed by atoms with E-state index in [4.69, 9.17) is 29.5 Å². The number of ether oxygens (including phenoxy) is 4. The average molecular weight is 798 g/mol. The lowest BCUT2D eigenvalue weighted by atomic mass is 9.68. The first-order valence-electron chi connectivity index (χ1n) is 20.1. The van der Waals surface area contributed by atoms with Crippen LogP contribution in [0.15, 0.2) is 28.3 Å². The summed E-state index contributed by atoms with van der Waals surface area (Å²) in [6.45, 7) is 15.3. The number of pyridine rings is 1. The van der Waals surface area contributed by atoms with Crippen LogP contribution in [0.2, 0.25) is 0 Å². The zero-order chi connectivity index (χ0) is 42.2. The Hall–Kier alpha value is -3.78. The summed E-state index contributed by atoms with van der Waals surface area (Å²) in [5, 5.41) is 31.5. The van der Waals surface area contributed by atoms with Crippen LogP contribution in [0.3, 0.4) is 0 Å². The van der Waals surface area contributed by atoms with Gasteiger partial charge in [0.1, 0.15) is 35.2 Å². The largest absolute Gasteiger partial charge is 0.459 e. The molecule has 1 amide bonds. The van der Waals surface area contributed by atoms with Gasteiger partial charge in [0.05, 0.1) is 30.1 Å². The number of hydrogen-bond donors (Lipinski definition) is 4.